The van der Waals surface area contributed by atoms with E-state index in [0.717, 1.165) is 25.1 Å². The first kappa shape index (κ1) is 15.6. The van der Waals surface area contributed by atoms with E-state index in [0.29, 0.717) is 31.9 Å². The number of fused-ring (bicyclic) bond motifs is 1. The molecule has 1 aromatic heterocycles. The van der Waals surface area contributed by atoms with Crippen molar-refractivity contribution >= 4 is 23.7 Å². The fourth-order valence-electron chi connectivity index (χ4n) is 3.47. The average Bonchev–Trinajstić information content (AvgIpc) is 3.12. The van der Waals surface area contributed by atoms with Gasteiger partial charge in [-0.15, -0.1) is 0 Å². The van der Waals surface area contributed by atoms with Gasteiger partial charge in [-0.05, 0) is 30.2 Å². The summed E-state index contributed by atoms with van der Waals surface area (Å²) in [5.74, 6) is -0.0704. The Morgan fingerprint density at radius 3 is 2.52 bits per heavy atom. The summed E-state index contributed by atoms with van der Waals surface area (Å²) in [7, 11) is 0. The minimum atomic E-state index is -0.0704. The van der Waals surface area contributed by atoms with Gasteiger partial charge in [0.15, 0.2) is 0 Å². The summed E-state index contributed by atoms with van der Waals surface area (Å²) in [5.41, 5.74) is 4.02. The van der Waals surface area contributed by atoms with E-state index in [1.807, 2.05) is 12.1 Å². The normalized spacial score (nSPS) is 16.7. The van der Waals surface area contributed by atoms with Crippen LogP contribution in [0, 0.1) is 0 Å². The fourth-order valence-corrected chi connectivity index (χ4v) is 3.47. The van der Waals surface area contributed by atoms with Crippen LogP contribution in [0.3, 0.4) is 0 Å². The van der Waals surface area contributed by atoms with Crippen molar-refractivity contribution in [1.29, 1.82) is 0 Å². The van der Waals surface area contributed by atoms with Crippen LogP contribution in [0.15, 0.2) is 42.6 Å². The molecule has 1 fully saturated rings. The number of hydrogen-bond acceptors (Lipinski definition) is 4. The van der Waals surface area contributed by atoms with Crippen LogP contribution in [0.5, 0.6) is 0 Å². The lowest BCUT2D eigenvalue weighted by atomic mass is 10.2. The Morgan fingerprint density at radius 1 is 1.00 bits per heavy atom. The van der Waals surface area contributed by atoms with Crippen molar-refractivity contribution in [3.63, 3.8) is 0 Å². The summed E-state index contributed by atoms with van der Waals surface area (Å²) >= 11 is 0. The molecule has 0 unspecified atom stereocenters. The second-order valence-electron chi connectivity index (χ2n) is 6.37. The summed E-state index contributed by atoms with van der Waals surface area (Å²) in [6.07, 6.45) is 3.64. The predicted octanol–water partition coefficient (Wildman–Crippen LogP) is 1.69. The van der Waals surface area contributed by atoms with Crippen LogP contribution in [0.4, 0.5) is 11.4 Å². The van der Waals surface area contributed by atoms with Gasteiger partial charge < -0.3 is 14.7 Å². The first-order valence-corrected chi connectivity index (χ1v) is 8.56. The van der Waals surface area contributed by atoms with Crippen molar-refractivity contribution < 1.29 is 9.59 Å². The van der Waals surface area contributed by atoms with E-state index >= 15 is 0 Å². The zero-order valence-corrected chi connectivity index (χ0v) is 14.0. The lowest BCUT2D eigenvalue weighted by Gasteiger charge is -2.32. The molecule has 2 aliphatic rings. The van der Waals surface area contributed by atoms with E-state index in [4.69, 9.17) is 0 Å². The number of carbonyl (C=O) groups excluding carboxylic acids is 2. The molecule has 0 bridgehead atoms. The standard InChI is InChI=1S/C19H20N4O2/c24-14-21-9-11-22(12-10-21)19(25)17-6-5-16(13-20-17)23-8-7-15-3-1-2-4-18(15)23/h1-6,13-14H,7-12H2. The molecular formula is C19H20N4O2. The Morgan fingerprint density at radius 2 is 1.80 bits per heavy atom. The number of rotatable bonds is 3. The van der Waals surface area contributed by atoms with E-state index in [1.54, 1.807) is 22.1 Å². The monoisotopic (exact) mass is 336 g/mol. The van der Waals surface area contributed by atoms with E-state index in [9.17, 15) is 9.59 Å². The first-order chi connectivity index (χ1) is 12.3. The molecule has 1 aromatic carbocycles. The summed E-state index contributed by atoms with van der Waals surface area (Å²) in [5, 5.41) is 0. The number of piperazine rings is 1. The number of anilines is 2. The molecule has 2 amide bonds. The van der Waals surface area contributed by atoms with Gasteiger partial charge in [0.2, 0.25) is 6.41 Å². The molecule has 0 saturated carbocycles. The van der Waals surface area contributed by atoms with Crippen molar-refractivity contribution in [2.24, 2.45) is 0 Å². The molecule has 0 radical (unpaired) electrons. The number of benzene rings is 1. The number of pyridine rings is 1. The Kier molecular flexibility index (Phi) is 4.09. The third-order valence-electron chi connectivity index (χ3n) is 4.92. The fraction of sp³-hybridized carbons (Fsp3) is 0.316. The SMILES string of the molecule is O=CN1CCN(C(=O)c2ccc(N3CCc4ccccc43)cn2)CC1. The molecule has 0 spiro atoms. The Balaban J connectivity index is 1.48. The summed E-state index contributed by atoms with van der Waals surface area (Å²) < 4.78 is 0. The summed E-state index contributed by atoms with van der Waals surface area (Å²) in [6, 6.07) is 12.1. The highest BCUT2D eigenvalue weighted by molar-refractivity contribution is 5.92. The Labute approximate surface area is 146 Å². The van der Waals surface area contributed by atoms with Gasteiger partial charge in [-0.2, -0.15) is 0 Å². The summed E-state index contributed by atoms with van der Waals surface area (Å²) in [6.45, 7) is 3.21. The predicted molar refractivity (Wildman–Crippen MR) is 94.9 cm³/mol. The van der Waals surface area contributed by atoms with Crippen molar-refractivity contribution in [3.8, 4) is 0 Å². The van der Waals surface area contributed by atoms with Gasteiger partial charge in [0.25, 0.3) is 5.91 Å². The maximum atomic E-state index is 12.6. The van der Waals surface area contributed by atoms with Crippen molar-refractivity contribution in [2.45, 2.75) is 6.42 Å². The van der Waals surface area contributed by atoms with Gasteiger partial charge in [0, 0.05) is 38.4 Å². The quantitative estimate of drug-likeness (QED) is 0.801. The molecule has 3 heterocycles. The van der Waals surface area contributed by atoms with E-state index in [-0.39, 0.29) is 5.91 Å². The van der Waals surface area contributed by atoms with E-state index in [2.05, 4.69) is 28.1 Å². The Bertz CT molecular complexity index is 782. The molecule has 0 aliphatic carbocycles. The van der Waals surface area contributed by atoms with Crippen LogP contribution in [0.1, 0.15) is 16.1 Å². The third-order valence-corrected chi connectivity index (χ3v) is 4.92. The van der Waals surface area contributed by atoms with Gasteiger partial charge in [-0.25, -0.2) is 4.98 Å². The van der Waals surface area contributed by atoms with Crippen LogP contribution >= 0.6 is 0 Å². The van der Waals surface area contributed by atoms with Crippen LogP contribution in [-0.4, -0.2) is 59.8 Å². The largest absolute Gasteiger partial charge is 0.342 e. The number of carbonyl (C=O) groups is 2. The molecule has 128 valence electrons. The topological polar surface area (TPSA) is 56.8 Å². The highest BCUT2D eigenvalue weighted by atomic mass is 16.2. The average molecular weight is 336 g/mol. The second-order valence-corrected chi connectivity index (χ2v) is 6.37. The smallest absolute Gasteiger partial charge is 0.272 e. The van der Waals surface area contributed by atoms with Crippen LogP contribution in [0.2, 0.25) is 0 Å². The molecule has 2 aromatic rings. The molecule has 1 saturated heterocycles. The third kappa shape index (κ3) is 2.95. The number of hydrogen-bond donors (Lipinski definition) is 0. The zero-order chi connectivity index (χ0) is 17.2. The molecule has 4 rings (SSSR count). The van der Waals surface area contributed by atoms with Crippen molar-refractivity contribution in [2.75, 3.05) is 37.6 Å². The molecule has 2 aliphatic heterocycles. The maximum absolute atomic E-state index is 12.6. The van der Waals surface area contributed by atoms with Crippen molar-refractivity contribution in [3.05, 3.63) is 53.9 Å². The first-order valence-electron chi connectivity index (χ1n) is 8.56. The minimum Gasteiger partial charge on any atom is -0.342 e. The van der Waals surface area contributed by atoms with Crippen LogP contribution < -0.4 is 4.90 Å². The summed E-state index contributed by atoms with van der Waals surface area (Å²) in [4.78, 5) is 33.4. The molecule has 6 heteroatoms. The van der Waals surface area contributed by atoms with Crippen LogP contribution in [-0.2, 0) is 11.2 Å². The highest BCUT2D eigenvalue weighted by Gasteiger charge is 2.23. The lowest BCUT2D eigenvalue weighted by Crippen LogP contribution is -2.48. The van der Waals surface area contributed by atoms with Gasteiger partial charge in [-0.3, -0.25) is 9.59 Å². The van der Waals surface area contributed by atoms with E-state index < -0.39 is 0 Å². The Hall–Kier alpha value is -2.89. The highest BCUT2D eigenvalue weighted by Crippen LogP contribution is 2.33. The van der Waals surface area contributed by atoms with Crippen molar-refractivity contribution in [1.82, 2.24) is 14.8 Å². The zero-order valence-electron chi connectivity index (χ0n) is 14.0. The molecule has 0 N–H and O–H groups in total. The molecule has 0 atom stereocenters. The maximum Gasteiger partial charge on any atom is 0.272 e. The molecule has 6 nitrogen and oxygen atoms in total. The van der Waals surface area contributed by atoms with Gasteiger partial charge in [-0.1, -0.05) is 18.2 Å². The molecule has 25 heavy (non-hydrogen) atoms. The van der Waals surface area contributed by atoms with Gasteiger partial charge in [0.05, 0.1) is 11.9 Å². The number of nitrogens with zero attached hydrogens (tertiary/aromatic N) is 4. The second kappa shape index (κ2) is 6.55. The van der Waals surface area contributed by atoms with Crippen LogP contribution in [0.25, 0.3) is 0 Å². The number of aromatic nitrogens is 1. The van der Waals surface area contributed by atoms with E-state index in [1.165, 1.54) is 11.3 Å². The minimum absolute atomic E-state index is 0.0704. The molecular weight excluding hydrogens is 316 g/mol. The van der Waals surface area contributed by atoms with Gasteiger partial charge >= 0.3 is 0 Å². The van der Waals surface area contributed by atoms with Gasteiger partial charge in [0.1, 0.15) is 5.69 Å². The lowest BCUT2D eigenvalue weighted by molar-refractivity contribution is -0.119. The number of amides is 2. The number of para-hydroxylation sites is 1.